The summed E-state index contributed by atoms with van der Waals surface area (Å²) < 4.78 is 11.1. The molecule has 0 aliphatic carbocycles. The first-order valence-electron chi connectivity index (χ1n) is 8.57. The van der Waals surface area contributed by atoms with Gasteiger partial charge in [0.05, 0.1) is 12.7 Å². The van der Waals surface area contributed by atoms with Crippen molar-refractivity contribution in [2.24, 2.45) is 0 Å². The minimum absolute atomic E-state index is 0.597. The second kappa shape index (κ2) is 8.09. The summed E-state index contributed by atoms with van der Waals surface area (Å²) in [5.74, 6) is 1.51. The number of para-hydroxylation sites is 2. The average Bonchev–Trinajstić information content (AvgIpc) is 2.64. The van der Waals surface area contributed by atoms with E-state index in [2.05, 4.69) is 4.90 Å². The lowest BCUT2D eigenvalue weighted by molar-refractivity contribution is -0.0278. The Morgan fingerprint density at radius 2 is 1.68 bits per heavy atom. The Hall–Kier alpha value is -1.75. The molecule has 1 N–H and O–H groups in total. The minimum Gasteiger partial charge on any atom is -0.493 e. The van der Waals surface area contributed by atoms with E-state index < -0.39 is 5.60 Å². The van der Waals surface area contributed by atoms with Crippen LogP contribution in [0.15, 0.2) is 48.5 Å². The number of aliphatic hydroxyl groups is 1. The van der Waals surface area contributed by atoms with Crippen molar-refractivity contribution >= 4 is 11.6 Å². The molecule has 0 amide bonds. The van der Waals surface area contributed by atoms with E-state index in [1.807, 2.05) is 48.5 Å². The third-order valence-electron chi connectivity index (χ3n) is 4.80. The first-order valence-corrected chi connectivity index (χ1v) is 8.95. The molecule has 1 heterocycles. The molecule has 2 aromatic rings. The molecule has 0 bridgehead atoms. The van der Waals surface area contributed by atoms with Crippen molar-refractivity contribution in [3.63, 3.8) is 0 Å². The Kier molecular flexibility index (Phi) is 5.84. The molecule has 134 valence electrons. The van der Waals surface area contributed by atoms with Crippen molar-refractivity contribution in [3.8, 4) is 11.5 Å². The smallest absolute Gasteiger partial charge is 0.161 e. The van der Waals surface area contributed by atoms with Gasteiger partial charge < -0.3 is 14.6 Å². The van der Waals surface area contributed by atoms with Crippen molar-refractivity contribution in [1.29, 1.82) is 0 Å². The van der Waals surface area contributed by atoms with Crippen LogP contribution in [0, 0.1) is 0 Å². The van der Waals surface area contributed by atoms with Gasteiger partial charge in [0.25, 0.3) is 0 Å². The second-order valence-corrected chi connectivity index (χ2v) is 6.82. The summed E-state index contributed by atoms with van der Waals surface area (Å²) in [5, 5.41) is 11.6. The highest BCUT2D eigenvalue weighted by Gasteiger charge is 2.33. The van der Waals surface area contributed by atoms with Gasteiger partial charge in [-0.3, -0.25) is 4.90 Å². The monoisotopic (exact) mass is 361 g/mol. The van der Waals surface area contributed by atoms with Crippen LogP contribution in [-0.4, -0.2) is 43.4 Å². The number of piperidine rings is 1. The molecular weight excluding hydrogens is 338 g/mol. The highest BCUT2D eigenvalue weighted by atomic mass is 35.5. The topological polar surface area (TPSA) is 41.9 Å². The maximum absolute atomic E-state index is 10.9. The Morgan fingerprint density at radius 1 is 1.04 bits per heavy atom. The van der Waals surface area contributed by atoms with Crippen molar-refractivity contribution < 1.29 is 14.6 Å². The van der Waals surface area contributed by atoms with Crippen molar-refractivity contribution in [2.75, 3.05) is 33.4 Å². The van der Waals surface area contributed by atoms with Gasteiger partial charge in [0, 0.05) is 24.7 Å². The number of hydrogen-bond acceptors (Lipinski definition) is 4. The molecule has 25 heavy (non-hydrogen) atoms. The largest absolute Gasteiger partial charge is 0.493 e. The summed E-state index contributed by atoms with van der Waals surface area (Å²) in [4.78, 5) is 2.32. The van der Waals surface area contributed by atoms with Crippen LogP contribution in [0.5, 0.6) is 11.5 Å². The van der Waals surface area contributed by atoms with E-state index in [0.29, 0.717) is 24.5 Å². The van der Waals surface area contributed by atoms with Crippen LogP contribution in [0.4, 0.5) is 0 Å². The molecule has 0 spiro atoms. The van der Waals surface area contributed by atoms with Gasteiger partial charge >= 0.3 is 0 Å². The van der Waals surface area contributed by atoms with E-state index in [0.717, 1.165) is 36.7 Å². The number of methoxy groups -OCH3 is 1. The molecule has 4 nitrogen and oxygen atoms in total. The molecule has 1 saturated heterocycles. The zero-order valence-corrected chi connectivity index (χ0v) is 15.2. The van der Waals surface area contributed by atoms with E-state index in [1.165, 1.54) is 0 Å². The number of hydrogen-bond donors (Lipinski definition) is 1. The molecule has 0 unspecified atom stereocenters. The molecule has 0 radical (unpaired) electrons. The molecule has 1 aliphatic heterocycles. The average molecular weight is 362 g/mol. The van der Waals surface area contributed by atoms with Gasteiger partial charge in [0.15, 0.2) is 11.5 Å². The highest BCUT2D eigenvalue weighted by Crippen LogP contribution is 2.33. The summed E-state index contributed by atoms with van der Waals surface area (Å²) in [6, 6.07) is 15.2. The Bertz CT molecular complexity index is 682. The molecule has 1 aliphatic rings. The quantitative estimate of drug-likeness (QED) is 0.851. The van der Waals surface area contributed by atoms with E-state index in [-0.39, 0.29) is 0 Å². The molecule has 0 atom stereocenters. The Balaban J connectivity index is 1.48. The van der Waals surface area contributed by atoms with Crippen LogP contribution in [0.25, 0.3) is 0 Å². The van der Waals surface area contributed by atoms with Crippen molar-refractivity contribution in [3.05, 3.63) is 59.1 Å². The SMILES string of the molecule is COc1ccccc1OCCN1CCC(O)(c2ccc(Cl)cc2)CC1. The fourth-order valence-electron chi connectivity index (χ4n) is 3.22. The maximum atomic E-state index is 10.9. The van der Waals surface area contributed by atoms with Crippen LogP contribution in [-0.2, 0) is 5.60 Å². The van der Waals surface area contributed by atoms with E-state index >= 15 is 0 Å². The number of likely N-dealkylation sites (tertiary alicyclic amines) is 1. The molecule has 5 heteroatoms. The lowest BCUT2D eigenvalue weighted by Crippen LogP contribution is -2.43. The van der Waals surface area contributed by atoms with Crippen LogP contribution < -0.4 is 9.47 Å². The predicted octanol–water partition coefficient (Wildman–Crippen LogP) is 3.71. The zero-order valence-electron chi connectivity index (χ0n) is 14.5. The van der Waals surface area contributed by atoms with Gasteiger partial charge in [0.2, 0.25) is 0 Å². The molecule has 3 rings (SSSR count). The van der Waals surface area contributed by atoms with Gasteiger partial charge in [0.1, 0.15) is 6.61 Å². The summed E-state index contributed by atoms with van der Waals surface area (Å²) >= 11 is 5.94. The second-order valence-electron chi connectivity index (χ2n) is 6.38. The molecule has 0 aromatic heterocycles. The number of benzene rings is 2. The number of halogens is 1. The predicted molar refractivity (Wildman–Crippen MR) is 99.5 cm³/mol. The Labute approximate surface area is 153 Å². The fourth-order valence-corrected chi connectivity index (χ4v) is 3.34. The van der Waals surface area contributed by atoms with Gasteiger partial charge in [-0.05, 0) is 42.7 Å². The van der Waals surface area contributed by atoms with E-state index in [1.54, 1.807) is 7.11 Å². The Morgan fingerprint density at radius 3 is 2.32 bits per heavy atom. The van der Waals surface area contributed by atoms with E-state index in [9.17, 15) is 5.11 Å². The van der Waals surface area contributed by atoms with Gasteiger partial charge in [-0.1, -0.05) is 35.9 Å². The molecular formula is C20H24ClNO3. The zero-order chi connectivity index (χ0) is 17.7. The molecule has 2 aromatic carbocycles. The summed E-state index contributed by atoms with van der Waals surface area (Å²) in [5.41, 5.74) is 0.187. The van der Waals surface area contributed by atoms with Gasteiger partial charge in [-0.2, -0.15) is 0 Å². The van der Waals surface area contributed by atoms with Gasteiger partial charge in [-0.15, -0.1) is 0 Å². The normalized spacial score (nSPS) is 17.2. The summed E-state index contributed by atoms with van der Waals surface area (Å²) in [6.07, 6.45) is 1.42. The van der Waals surface area contributed by atoms with Crippen LogP contribution in [0.3, 0.4) is 0 Å². The number of nitrogens with zero attached hydrogens (tertiary/aromatic N) is 1. The number of ether oxygens (including phenoxy) is 2. The lowest BCUT2D eigenvalue weighted by Gasteiger charge is -2.38. The van der Waals surface area contributed by atoms with Crippen LogP contribution in [0.1, 0.15) is 18.4 Å². The lowest BCUT2D eigenvalue weighted by atomic mass is 9.84. The standard InChI is InChI=1S/C20H24ClNO3/c1-24-18-4-2-3-5-19(18)25-15-14-22-12-10-20(23,11-13-22)16-6-8-17(21)9-7-16/h2-9,23H,10-15H2,1H3. The maximum Gasteiger partial charge on any atom is 0.161 e. The van der Waals surface area contributed by atoms with Crippen LogP contribution in [0.2, 0.25) is 5.02 Å². The highest BCUT2D eigenvalue weighted by molar-refractivity contribution is 6.30. The molecule has 1 fully saturated rings. The van der Waals surface area contributed by atoms with E-state index in [4.69, 9.17) is 21.1 Å². The summed E-state index contributed by atoms with van der Waals surface area (Å²) in [6.45, 7) is 3.11. The van der Waals surface area contributed by atoms with Crippen molar-refractivity contribution in [1.82, 2.24) is 4.90 Å². The fraction of sp³-hybridized carbons (Fsp3) is 0.400. The van der Waals surface area contributed by atoms with Crippen LogP contribution >= 0.6 is 11.6 Å². The first kappa shape index (κ1) is 18.1. The first-order chi connectivity index (χ1) is 12.1. The third-order valence-corrected chi connectivity index (χ3v) is 5.05. The van der Waals surface area contributed by atoms with Crippen molar-refractivity contribution in [2.45, 2.75) is 18.4 Å². The van der Waals surface area contributed by atoms with Gasteiger partial charge in [-0.25, -0.2) is 0 Å². The minimum atomic E-state index is -0.759. The summed E-state index contributed by atoms with van der Waals surface area (Å²) in [7, 11) is 1.64. The molecule has 0 saturated carbocycles. The number of rotatable bonds is 6. The third kappa shape index (κ3) is 4.46.